The van der Waals surface area contributed by atoms with Gasteiger partial charge in [0.2, 0.25) is 11.4 Å². The van der Waals surface area contributed by atoms with Crippen molar-refractivity contribution in [2.75, 3.05) is 18.5 Å². The van der Waals surface area contributed by atoms with Crippen molar-refractivity contribution in [2.45, 2.75) is 122 Å². The van der Waals surface area contributed by atoms with E-state index in [0.717, 1.165) is 25.7 Å². The third-order valence-electron chi connectivity index (χ3n) is 7.25. The van der Waals surface area contributed by atoms with Crippen molar-refractivity contribution in [1.29, 1.82) is 0 Å². The van der Waals surface area contributed by atoms with E-state index in [-0.39, 0.29) is 23.7 Å². The Balaban J connectivity index is 1.52. The van der Waals surface area contributed by atoms with Gasteiger partial charge in [0, 0.05) is 19.0 Å². The van der Waals surface area contributed by atoms with Gasteiger partial charge in [-0.3, -0.25) is 14.9 Å². The summed E-state index contributed by atoms with van der Waals surface area (Å²) >= 11 is 0. The van der Waals surface area contributed by atoms with Gasteiger partial charge in [-0.25, -0.2) is 4.63 Å². The van der Waals surface area contributed by atoms with Gasteiger partial charge in [0.05, 0.1) is 29.4 Å². The highest BCUT2D eigenvalue weighted by atomic mass is 16.6. The number of fused-ring (bicyclic) bond motifs is 1. The molecule has 0 fully saturated rings. The zero-order chi connectivity index (χ0) is 29.7. The number of aliphatic hydroxyl groups is 2. The zero-order valence-electron chi connectivity index (χ0n) is 24.6. The number of anilines is 1. The Hall–Kier alpha value is -3.05. The Morgan fingerprint density at radius 1 is 0.976 bits per heavy atom. The number of non-ortho nitro benzene ring substituents is 1. The Bertz CT molecular complexity index is 1040. The molecule has 1 aromatic heterocycles. The van der Waals surface area contributed by atoms with Crippen LogP contribution in [-0.4, -0.2) is 56.7 Å². The first-order valence-electron chi connectivity index (χ1n) is 15.4. The van der Waals surface area contributed by atoms with Crippen molar-refractivity contribution in [3.05, 3.63) is 34.4 Å². The second-order valence-corrected chi connectivity index (χ2v) is 10.7. The van der Waals surface area contributed by atoms with Crippen LogP contribution in [0.1, 0.15) is 110 Å². The molecule has 0 saturated heterocycles. The van der Waals surface area contributed by atoms with Gasteiger partial charge in [-0.05, 0) is 42.1 Å². The molecule has 2 atom stereocenters. The molecule has 0 bridgehead atoms. The molecule has 1 heterocycles. The van der Waals surface area contributed by atoms with Crippen LogP contribution in [-0.2, 0) is 4.79 Å². The minimum Gasteiger partial charge on any atom is -0.394 e. The summed E-state index contributed by atoms with van der Waals surface area (Å²) < 4.78 is 4.66. The SMILES string of the molecule is CCCCCCCCCCCCC/C=C/[C@H](O)[C@H](CO)NC(=O)CCCCCNc1ccc([N+](=O)[O-])c2nonc12. The average Bonchev–Trinajstić information content (AvgIpc) is 3.46. The first-order valence-corrected chi connectivity index (χ1v) is 15.4. The lowest BCUT2D eigenvalue weighted by Crippen LogP contribution is -2.45. The monoisotopic (exact) mass is 575 g/mol. The molecule has 0 aliphatic carbocycles. The maximum atomic E-state index is 12.3. The second-order valence-electron chi connectivity index (χ2n) is 10.7. The molecule has 1 aromatic carbocycles. The molecule has 0 spiro atoms. The van der Waals surface area contributed by atoms with Crippen LogP contribution in [0, 0.1) is 10.1 Å². The number of carbonyl (C=O) groups excluding carboxylic acids is 1. The molecule has 11 heteroatoms. The van der Waals surface area contributed by atoms with Crippen LogP contribution in [0.2, 0.25) is 0 Å². The summed E-state index contributed by atoms with van der Waals surface area (Å²) in [7, 11) is 0. The summed E-state index contributed by atoms with van der Waals surface area (Å²) in [5.74, 6) is -0.208. The number of unbranched alkanes of at least 4 members (excludes halogenated alkanes) is 13. The van der Waals surface area contributed by atoms with Crippen molar-refractivity contribution >= 4 is 28.3 Å². The highest BCUT2D eigenvalue weighted by molar-refractivity contribution is 5.93. The highest BCUT2D eigenvalue weighted by Gasteiger charge is 2.20. The Labute approximate surface area is 243 Å². The number of hydrogen-bond acceptors (Lipinski definition) is 9. The van der Waals surface area contributed by atoms with E-state index in [1.54, 1.807) is 12.1 Å². The number of nitrogens with one attached hydrogen (secondary N) is 2. The maximum absolute atomic E-state index is 12.3. The molecule has 0 aliphatic heterocycles. The molecule has 0 saturated carbocycles. The first-order chi connectivity index (χ1) is 20.0. The number of aliphatic hydroxyl groups excluding tert-OH is 2. The summed E-state index contributed by atoms with van der Waals surface area (Å²) in [5, 5.41) is 44.4. The standard InChI is InChI=1S/C30H49N5O6/c1-2-3-4-5-6-7-8-9-10-11-12-13-15-18-27(37)25(23-36)32-28(38)19-16-14-17-22-31-24-20-21-26(35(39)40)30-29(24)33-41-34-30/h15,18,20-21,25,27,31,36-37H,2-14,16-17,19,22-23H2,1H3,(H,32,38)/b18-15+/t25-,27-/m0/s1. The third-order valence-corrected chi connectivity index (χ3v) is 7.25. The molecular formula is C30H49N5O6. The van der Waals surface area contributed by atoms with Gasteiger partial charge >= 0.3 is 5.69 Å². The molecule has 1 amide bonds. The van der Waals surface area contributed by atoms with Gasteiger partial charge < -0.3 is 20.8 Å². The fourth-order valence-electron chi connectivity index (χ4n) is 4.77. The van der Waals surface area contributed by atoms with Gasteiger partial charge in [0.25, 0.3) is 0 Å². The molecule has 0 unspecified atom stereocenters. The Morgan fingerprint density at radius 3 is 2.27 bits per heavy atom. The zero-order valence-corrected chi connectivity index (χ0v) is 24.6. The van der Waals surface area contributed by atoms with E-state index in [1.165, 1.54) is 70.3 Å². The Morgan fingerprint density at radius 2 is 1.61 bits per heavy atom. The van der Waals surface area contributed by atoms with E-state index in [1.807, 2.05) is 6.08 Å². The maximum Gasteiger partial charge on any atom is 0.300 e. The molecule has 2 rings (SSSR count). The van der Waals surface area contributed by atoms with Gasteiger partial charge in [0.1, 0.15) is 0 Å². The number of nitrogens with zero attached hydrogens (tertiary/aromatic N) is 3. The normalized spacial score (nSPS) is 13.0. The van der Waals surface area contributed by atoms with E-state index in [9.17, 15) is 25.1 Å². The van der Waals surface area contributed by atoms with E-state index in [4.69, 9.17) is 0 Å². The van der Waals surface area contributed by atoms with Crippen molar-refractivity contribution in [1.82, 2.24) is 15.6 Å². The number of allylic oxidation sites excluding steroid dienone is 1. The fraction of sp³-hybridized carbons (Fsp3) is 0.700. The predicted molar refractivity (Wildman–Crippen MR) is 161 cm³/mol. The lowest BCUT2D eigenvalue weighted by molar-refractivity contribution is -0.383. The van der Waals surface area contributed by atoms with Crippen LogP contribution in [0.15, 0.2) is 28.9 Å². The van der Waals surface area contributed by atoms with Gasteiger partial charge in [-0.15, -0.1) is 0 Å². The van der Waals surface area contributed by atoms with Gasteiger partial charge in [-0.2, -0.15) is 0 Å². The summed E-state index contributed by atoms with van der Waals surface area (Å²) in [6.45, 7) is 2.50. The van der Waals surface area contributed by atoms with Crippen LogP contribution in [0.5, 0.6) is 0 Å². The summed E-state index contributed by atoms with van der Waals surface area (Å²) in [6.07, 6.45) is 20.3. The van der Waals surface area contributed by atoms with Crippen LogP contribution in [0.4, 0.5) is 11.4 Å². The molecule has 0 radical (unpaired) electrons. The van der Waals surface area contributed by atoms with Crippen LogP contribution >= 0.6 is 0 Å². The summed E-state index contributed by atoms with van der Waals surface area (Å²) in [4.78, 5) is 22.9. The molecular weight excluding hydrogens is 526 g/mol. The van der Waals surface area contributed by atoms with Crippen molar-refractivity contribution in [2.24, 2.45) is 0 Å². The average molecular weight is 576 g/mol. The number of amides is 1. The topological polar surface area (TPSA) is 164 Å². The van der Waals surface area contributed by atoms with Crippen LogP contribution in [0.25, 0.3) is 11.0 Å². The lowest BCUT2D eigenvalue weighted by atomic mass is 10.0. The molecule has 11 nitrogen and oxygen atoms in total. The van der Waals surface area contributed by atoms with Crippen molar-refractivity contribution in [3.63, 3.8) is 0 Å². The minimum absolute atomic E-state index is 0.0984. The molecule has 230 valence electrons. The number of hydrogen-bond donors (Lipinski definition) is 4. The molecule has 2 aromatic rings. The van der Waals surface area contributed by atoms with E-state index < -0.39 is 17.1 Å². The largest absolute Gasteiger partial charge is 0.394 e. The quantitative estimate of drug-likeness (QED) is 0.0494. The number of nitro benzene ring substituents is 1. The lowest BCUT2D eigenvalue weighted by Gasteiger charge is -2.20. The highest BCUT2D eigenvalue weighted by Crippen LogP contribution is 2.28. The number of benzene rings is 1. The van der Waals surface area contributed by atoms with Crippen molar-refractivity contribution in [3.8, 4) is 0 Å². The van der Waals surface area contributed by atoms with E-state index in [2.05, 4.69) is 32.5 Å². The van der Waals surface area contributed by atoms with Crippen LogP contribution in [0.3, 0.4) is 0 Å². The van der Waals surface area contributed by atoms with E-state index in [0.29, 0.717) is 30.6 Å². The molecule has 4 N–H and O–H groups in total. The number of aromatic nitrogens is 2. The smallest absolute Gasteiger partial charge is 0.300 e. The van der Waals surface area contributed by atoms with Gasteiger partial charge in [0.15, 0.2) is 5.52 Å². The van der Waals surface area contributed by atoms with Crippen molar-refractivity contribution < 1.29 is 24.6 Å². The summed E-state index contributed by atoms with van der Waals surface area (Å²) in [5.41, 5.74) is 0.839. The molecule has 41 heavy (non-hydrogen) atoms. The Kier molecular flexibility index (Phi) is 17.3. The summed E-state index contributed by atoms with van der Waals surface area (Å²) in [6, 6.07) is 2.21. The number of carbonyl (C=O) groups is 1. The number of rotatable bonds is 24. The van der Waals surface area contributed by atoms with Crippen LogP contribution < -0.4 is 10.6 Å². The molecule has 0 aliphatic rings. The van der Waals surface area contributed by atoms with E-state index >= 15 is 0 Å². The second kappa shape index (κ2) is 20.8. The number of nitro groups is 1. The fourth-order valence-corrected chi connectivity index (χ4v) is 4.77. The minimum atomic E-state index is -0.926. The first kappa shape index (κ1) is 34.2. The predicted octanol–water partition coefficient (Wildman–Crippen LogP) is 6.20. The third kappa shape index (κ3) is 13.4. The van der Waals surface area contributed by atoms with Gasteiger partial charge in [-0.1, -0.05) is 89.7 Å².